The summed E-state index contributed by atoms with van der Waals surface area (Å²) >= 11 is 0. The summed E-state index contributed by atoms with van der Waals surface area (Å²) in [4.78, 5) is 29.1. The molecule has 0 saturated heterocycles. The predicted molar refractivity (Wildman–Crippen MR) is 111 cm³/mol. The van der Waals surface area contributed by atoms with Crippen molar-refractivity contribution in [1.29, 1.82) is 0 Å². The number of benzene rings is 2. The van der Waals surface area contributed by atoms with E-state index in [2.05, 4.69) is 10.3 Å². The molecule has 0 aliphatic rings. The molecular formula is C22H25N3O4. The van der Waals surface area contributed by atoms with Gasteiger partial charge in [-0.3, -0.25) is 5.32 Å². The molecule has 0 unspecified atom stereocenters. The van der Waals surface area contributed by atoms with Crippen LogP contribution in [0.2, 0.25) is 0 Å². The molecule has 7 nitrogen and oxygen atoms in total. The molecule has 0 radical (unpaired) electrons. The normalized spacial score (nSPS) is 11.3. The maximum Gasteiger partial charge on any atom is 0.420 e. The number of ether oxygens (including phenoxy) is 2. The van der Waals surface area contributed by atoms with E-state index in [9.17, 15) is 9.59 Å². The topological polar surface area (TPSA) is 82.5 Å². The number of carbonyl (C=O) groups is 2. The van der Waals surface area contributed by atoms with E-state index in [4.69, 9.17) is 9.47 Å². The fourth-order valence-corrected chi connectivity index (χ4v) is 2.89. The van der Waals surface area contributed by atoms with Crippen LogP contribution in [0.1, 0.15) is 38.8 Å². The lowest BCUT2D eigenvalue weighted by Crippen LogP contribution is -2.27. The molecule has 0 spiro atoms. The second kappa shape index (κ2) is 8.34. The van der Waals surface area contributed by atoms with Crippen molar-refractivity contribution < 1.29 is 19.1 Å². The predicted octanol–water partition coefficient (Wildman–Crippen LogP) is 5.13. The summed E-state index contributed by atoms with van der Waals surface area (Å²) in [6.45, 7) is 7.54. The van der Waals surface area contributed by atoms with E-state index in [1.807, 2.05) is 43.3 Å². The second-order valence-corrected chi connectivity index (χ2v) is 7.64. The monoisotopic (exact) mass is 395 g/mol. The molecule has 2 aromatic carbocycles. The zero-order valence-corrected chi connectivity index (χ0v) is 17.1. The molecule has 1 amide bonds. The lowest BCUT2D eigenvalue weighted by Gasteiger charge is -2.20. The molecule has 0 saturated carbocycles. The Bertz CT molecular complexity index is 1020. The number of nitrogens with zero attached hydrogens (tertiary/aromatic N) is 2. The number of aromatic nitrogens is 2. The van der Waals surface area contributed by atoms with Gasteiger partial charge in [0.2, 0.25) is 0 Å². The number of imidazole rings is 1. The molecule has 1 heterocycles. The maximum absolute atomic E-state index is 12.6. The maximum atomic E-state index is 12.6. The number of carbonyl (C=O) groups excluding carboxylic acids is 2. The number of hydrogen-bond acceptors (Lipinski definition) is 5. The highest BCUT2D eigenvalue weighted by molar-refractivity contribution is 5.94. The van der Waals surface area contributed by atoms with Crippen molar-refractivity contribution in [2.45, 2.75) is 46.3 Å². The molecular weight excluding hydrogens is 370 g/mol. The summed E-state index contributed by atoms with van der Waals surface area (Å²) < 4.78 is 12.1. The Morgan fingerprint density at radius 2 is 1.86 bits per heavy atom. The van der Waals surface area contributed by atoms with Crippen LogP contribution in [0, 0.1) is 0 Å². The Hall–Kier alpha value is -3.35. The Balaban J connectivity index is 1.85. The van der Waals surface area contributed by atoms with Gasteiger partial charge in [-0.2, -0.15) is 0 Å². The molecule has 1 N–H and O–H groups in total. The van der Waals surface area contributed by atoms with Gasteiger partial charge in [-0.25, -0.2) is 19.1 Å². The summed E-state index contributed by atoms with van der Waals surface area (Å²) in [5, 5.41) is 2.72. The van der Waals surface area contributed by atoms with Gasteiger partial charge in [-0.05, 0) is 50.5 Å². The molecule has 0 aliphatic heterocycles. The minimum atomic E-state index is -0.606. The van der Waals surface area contributed by atoms with Gasteiger partial charge in [-0.15, -0.1) is 0 Å². The van der Waals surface area contributed by atoms with Crippen LogP contribution < -0.4 is 5.32 Å². The van der Waals surface area contributed by atoms with Crippen LogP contribution in [-0.2, 0) is 22.5 Å². The molecule has 152 valence electrons. The molecule has 0 atom stereocenters. The lowest BCUT2D eigenvalue weighted by molar-refractivity contribution is 0.0636. The second-order valence-electron chi connectivity index (χ2n) is 7.64. The minimum Gasteiger partial charge on any atom is -0.444 e. The first-order valence-corrected chi connectivity index (χ1v) is 9.48. The average Bonchev–Trinajstić information content (AvgIpc) is 3.08. The van der Waals surface area contributed by atoms with E-state index in [1.165, 1.54) is 10.9 Å². The van der Waals surface area contributed by atoms with Crippen molar-refractivity contribution in [3.8, 4) is 0 Å². The standard InChI is InChI=1S/C22H25N3O4/c1-5-16-11-17(24-20(26)29-22(2,3)4)12-18-19(16)23-14-25(18)21(27)28-13-15-9-7-6-8-10-15/h6-12,14H,5,13H2,1-4H3,(H,24,26). The van der Waals surface area contributed by atoms with E-state index >= 15 is 0 Å². The van der Waals surface area contributed by atoms with Gasteiger partial charge in [0, 0.05) is 5.69 Å². The highest BCUT2D eigenvalue weighted by Crippen LogP contribution is 2.25. The van der Waals surface area contributed by atoms with Gasteiger partial charge in [0.15, 0.2) is 0 Å². The molecule has 3 aromatic rings. The minimum absolute atomic E-state index is 0.163. The lowest BCUT2D eigenvalue weighted by atomic mass is 10.1. The third-order valence-corrected chi connectivity index (χ3v) is 4.16. The van der Waals surface area contributed by atoms with E-state index in [0.717, 1.165) is 11.1 Å². The first-order chi connectivity index (χ1) is 13.8. The SMILES string of the molecule is CCc1cc(NC(=O)OC(C)(C)C)cc2c1ncn2C(=O)OCc1ccccc1. The Morgan fingerprint density at radius 1 is 1.14 bits per heavy atom. The zero-order valence-electron chi connectivity index (χ0n) is 17.1. The number of rotatable bonds is 4. The summed E-state index contributed by atoms with van der Waals surface area (Å²) in [6.07, 6.45) is 1.04. The summed E-state index contributed by atoms with van der Waals surface area (Å²) in [5.41, 5.74) is 2.98. The van der Waals surface area contributed by atoms with Crippen molar-refractivity contribution in [1.82, 2.24) is 9.55 Å². The molecule has 0 fully saturated rings. The number of hydrogen-bond donors (Lipinski definition) is 1. The summed E-state index contributed by atoms with van der Waals surface area (Å²) in [7, 11) is 0. The van der Waals surface area contributed by atoms with E-state index < -0.39 is 17.8 Å². The number of anilines is 1. The Morgan fingerprint density at radius 3 is 2.52 bits per heavy atom. The van der Waals surface area contributed by atoms with Crippen molar-refractivity contribution >= 4 is 28.9 Å². The molecule has 7 heteroatoms. The van der Waals surface area contributed by atoms with E-state index in [-0.39, 0.29) is 6.61 Å². The first-order valence-electron chi connectivity index (χ1n) is 9.48. The third-order valence-electron chi connectivity index (χ3n) is 4.16. The molecule has 29 heavy (non-hydrogen) atoms. The van der Waals surface area contributed by atoms with E-state index in [0.29, 0.717) is 23.1 Å². The summed E-state index contributed by atoms with van der Waals surface area (Å²) in [6, 6.07) is 13.0. The fourth-order valence-electron chi connectivity index (χ4n) is 2.89. The van der Waals surface area contributed by atoms with Crippen molar-refractivity contribution in [3.05, 3.63) is 59.9 Å². The molecule has 0 aliphatic carbocycles. The third kappa shape index (κ3) is 5.13. The average molecular weight is 395 g/mol. The van der Waals surface area contributed by atoms with Crippen molar-refractivity contribution in [3.63, 3.8) is 0 Å². The van der Waals surface area contributed by atoms with Gasteiger partial charge in [0.05, 0.1) is 11.0 Å². The fraction of sp³-hybridized carbons (Fsp3) is 0.318. The zero-order chi connectivity index (χ0) is 21.0. The Labute approximate surface area is 169 Å². The van der Waals surface area contributed by atoms with Crippen molar-refractivity contribution in [2.24, 2.45) is 0 Å². The van der Waals surface area contributed by atoms with Crippen LogP contribution in [0.5, 0.6) is 0 Å². The van der Waals surface area contributed by atoms with Crippen LogP contribution in [0.15, 0.2) is 48.8 Å². The van der Waals surface area contributed by atoms with Gasteiger partial charge in [0.1, 0.15) is 18.5 Å². The molecule has 1 aromatic heterocycles. The van der Waals surface area contributed by atoms with E-state index in [1.54, 1.807) is 26.8 Å². The Kier molecular flexibility index (Phi) is 5.87. The highest BCUT2D eigenvalue weighted by Gasteiger charge is 2.19. The number of amides is 1. The molecule has 3 rings (SSSR count). The number of nitrogens with one attached hydrogen (secondary N) is 1. The van der Waals surface area contributed by atoms with Gasteiger partial charge >= 0.3 is 12.2 Å². The number of fused-ring (bicyclic) bond motifs is 1. The number of aryl methyl sites for hydroxylation is 1. The first kappa shape index (κ1) is 20.4. The highest BCUT2D eigenvalue weighted by atomic mass is 16.6. The van der Waals surface area contributed by atoms with Crippen LogP contribution in [-0.4, -0.2) is 27.3 Å². The van der Waals surface area contributed by atoms with Crippen molar-refractivity contribution in [2.75, 3.05) is 5.32 Å². The van der Waals surface area contributed by atoms with Gasteiger partial charge in [-0.1, -0.05) is 37.3 Å². The summed E-state index contributed by atoms with van der Waals surface area (Å²) in [5.74, 6) is 0. The quantitative estimate of drug-likeness (QED) is 0.662. The van der Waals surface area contributed by atoms with Gasteiger partial charge < -0.3 is 9.47 Å². The van der Waals surface area contributed by atoms with Crippen LogP contribution >= 0.6 is 0 Å². The van der Waals surface area contributed by atoms with Crippen LogP contribution in [0.25, 0.3) is 11.0 Å². The van der Waals surface area contributed by atoms with Gasteiger partial charge in [0.25, 0.3) is 0 Å². The smallest absolute Gasteiger partial charge is 0.420 e. The van der Waals surface area contributed by atoms with Crippen LogP contribution in [0.3, 0.4) is 0 Å². The van der Waals surface area contributed by atoms with Crippen LogP contribution in [0.4, 0.5) is 15.3 Å². The largest absolute Gasteiger partial charge is 0.444 e. The molecule has 0 bridgehead atoms.